The molecule has 1 unspecified atom stereocenters. The van der Waals surface area contributed by atoms with E-state index < -0.39 is 0 Å². The molecule has 0 aliphatic rings. The van der Waals surface area contributed by atoms with Crippen molar-refractivity contribution in [1.29, 1.82) is 0 Å². The molecule has 2 heterocycles. The summed E-state index contributed by atoms with van der Waals surface area (Å²) in [6.45, 7) is 8.05. The molecule has 0 fully saturated rings. The van der Waals surface area contributed by atoms with E-state index in [4.69, 9.17) is 11.6 Å². The van der Waals surface area contributed by atoms with Gasteiger partial charge in [0.15, 0.2) is 0 Å². The summed E-state index contributed by atoms with van der Waals surface area (Å²) < 4.78 is 4.04. The Morgan fingerprint density at radius 1 is 1.38 bits per heavy atom. The standard InChI is InChI=1S/C16H25ClN4/c1-5-7-14(18-6-2)13-8-9-21(10-13)11-15-16(17)12(3)19-20(15)4/h8-10,14,18H,5-7,11H2,1-4H3. The second-order valence-corrected chi connectivity index (χ2v) is 5.86. The van der Waals surface area contributed by atoms with E-state index in [1.54, 1.807) is 0 Å². The molecule has 0 saturated heterocycles. The SMILES string of the molecule is CCCC(NCC)c1ccn(Cc2c(Cl)c(C)nn2C)c1. The molecule has 0 saturated carbocycles. The molecule has 2 aromatic rings. The maximum Gasteiger partial charge on any atom is 0.0865 e. The molecule has 0 spiro atoms. The molecule has 1 N–H and O–H groups in total. The van der Waals surface area contributed by atoms with Crippen LogP contribution in [0.4, 0.5) is 0 Å². The minimum atomic E-state index is 0.435. The molecule has 2 aromatic heterocycles. The molecule has 116 valence electrons. The highest BCUT2D eigenvalue weighted by molar-refractivity contribution is 6.31. The highest BCUT2D eigenvalue weighted by Gasteiger charge is 2.14. The van der Waals surface area contributed by atoms with Crippen molar-refractivity contribution >= 4 is 11.6 Å². The Hall–Kier alpha value is -1.26. The predicted molar refractivity (Wildman–Crippen MR) is 87.8 cm³/mol. The molecule has 5 heteroatoms. The first-order valence-electron chi connectivity index (χ1n) is 7.63. The summed E-state index contributed by atoms with van der Waals surface area (Å²) in [6, 6.07) is 2.63. The number of rotatable bonds is 7. The lowest BCUT2D eigenvalue weighted by atomic mass is 10.1. The Labute approximate surface area is 132 Å². The van der Waals surface area contributed by atoms with Crippen LogP contribution in [-0.4, -0.2) is 20.9 Å². The topological polar surface area (TPSA) is 34.8 Å². The Morgan fingerprint density at radius 2 is 2.14 bits per heavy atom. The zero-order valence-electron chi connectivity index (χ0n) is 13.4. The van der Waals surface area contributed by atoms with Crippen LogP contribution in [0.2, 0.25) is 5.02 Å². The van der Waals surface area contributed by atoms with Crippen molar-refractivity contribution < 1.29 is 0 Å². The summed E-state index contributed by atoms with van der Waals surface area (Å²) >= 11 is 6.32. The van der Waals surface area contributed by atoms with Crippen LogP contribution in [0.3, 0.4) is 0 Å². The zero-order valence-corrected chi connectivity index (χ0v) is 14.1. The van der Waals surface area contributed by atoms with Crippen molar-refractivity contribution in [2.45, 2.75) is 46.2 Å². The van der Waals surface area contributed by atoms with Crippen LogP contribution < -0.4 is 5.32 Å². The molecular weight excluding hydrogens is 284 g/mol. The van der Waals surface area contributed by atoms with E-state index in [1.807, 2.05) is 18.7 Å². The summed E-state index contributed by atoms with van der Waals surface area (Å²) in [5, 5.41) is 8.68. The molecule has 0 aliphatic heterocycles. The Kier molecular flexibility index (Phi) is 5.48. The van der Waals surface area contributed by atoms with E-state index in [0.717, 1.165) is 35.9 Å². The quantitative estimate of drug-likeness (QED) is 0.846. The van der Waals surface area contributed by atoms with Gasteiger partial charge in [-0.05, 0) is 31.5 Å². The smallest absolute Gasteiger partial charge is 0.0865 e. The Morgan fingerprint density at radius 3 is 2.71 bits per heavy atom. The normalized spacial score (nSPS) is 12.8. The van der Waals surface area contributed by atoms with Crippen LogP contribution in [0.5, 0.6) is 0 Å². The van der Waals surface area contributed by atoms with E-state index in [-0.39, 0.29) is 0 Å². The van der Waals surface area contributed by atoms with Crippen molar-refractivity contribution in [3.63, 3.8) is 0 Å². The average Bonchev–Trinajstić information content (AvgIpc) is 3.00. The average molecular weight is 309 g/mol. The van der Waals surface area contributed by atoms with E-state index in [0.29, 0.717) is 6.04 Å². The minimum absolute atomic E-state index is 0.435. The molecule has 0 radical (unpaired) electrons. The number of halogens is 1. The molecule has 0 aromatic carbocycles. The molecule has 0 aliphatic carbocycles. The minimum Gasteiger partial charge on any atom is -0.348 e. The van der Waals surface area contributed by atoms with E-state index in [1.165, 1.54) is 12.0 Å². The van der Waals surface area contributed by atoms with Gasteiger partial charge in [0, 0.05) is 25.5 Å². The number of hydrogen-bond acceptors (Lipinski definition) is 2. The van der Waals surface area contributed by atoms with Crippen LogP contribution >= 0.6 is 11.6 Å². The van der Waals surface area contributed by atoms with Crippen molar-refractivity contribution in [3.8, 4) is 0 Å². The van der Waals surface area contributed by atoms with Crippen LogP contribution in [-0.2, 0) is 13.6 Å². The maximum atomic E-state index is 6.32. The molecule has 21 heavy (non-hydrogen) atoms. The number of hydrogen-bond donors (Lipinski definition) is 1. The Balaban J connectivity index is 2.15. The van der Waals surface area contributed by atoms with Crippen LogP contribution in [0.1, 0.15) is 49.7 Å². The largest absolute Gasteiger partial charge is 0.348 e. The van der Waals surface area contributed by atoms with Crippen molar-refractivity contribution in [2.75, 3.05) is 6.54 Å². The predicted octanol–water partition coefficient (Wildman–Crippen LogP) is 3.68. The van der Waals surface area contributed by atoms with Gasteiger partial charge in [0.2, 0.25) is 0 Å². The summed E-state index contributed by atoms with van der Waals surface area (Å²) in [5.74, 6) is 0. The highest BCUT2D eigenvalue weighted by Crippen LogP contribution is 2.23. The monoisotopic (exact) mass is 308 g/mol. The Bertz CT molecular complexity index is 579. The fourth-order valence-corrected chi connectivity index (χ4v) is 2.93. The van der Waals surface area contributed by atoms with Gasteiger partial charge in [0.05, 0.1) is 23.0 Å². The van der Waals surface area contributed by atoms with E-state index in [2.05, 4.69) is 47.3 Å². The van der Waals surface area contributed by atoms with Crippen LogP contribution in [0.15, 0.2) is 18.5 Å². The van der Waals surface area contributed by atoms with E-state index in [9.17, 15) is 0 Å². The third-order valence-electron chi connectivity index (χ3n) is 3.80. The van der Waals surface area contributed by atoms with Crippen LogP contribution in [0.25, 0.3) is 0 Å². The first-order chi connectivity index (χ1) is 10.1. The first kappa shape index (κ1) is 16.1. The van der Waals surface area contributed by atoms with Gasteiger partial charge in [0.1, 0.15) is 0 Å². The van der Waals surface area contributed by atoms with Gasteiger partial charge >= 0.3 is 0 Å². The molecule has 0 bridgehead atoms. The summed E-state index contributed by atoms with van der Waals surface area (Å²) in [6.07, 6.45) is 6.66. The molecular formula is C16H25ClN4. The number of aromatic nitrogens is 3. The highest BCUT2D eigenvalue weighted by atomic mass is 35.5. The number of nitrogens with zero attached hydrogens (tertiary/aromatic N) is 3. The lowest BCUT2D eigenvalue weighted by Gasteiger charge is -2.15. The van der Waals surface area contributed by atoms with Gasteiger partial charge < -0.3 is 9.88 Å². The number of aryl methyl sites for hydroxylation is 2. The molecule has 0 amide bonds. The number of nitrogens with one attached hydrogen (secondary N) is 1. The van der Waals surface area contributed by atoms with Crippen molar-refractivity contribution in [3.05, 3.63) is 40.4 Å². The lowest BCUT2D eigenvalue weighted by molar-refractivity contribution is 0.508. The van der Waals surface area contributed by atoms with Gasteiger partial charge in [-0.1, -0.05) is 31.9 Å². The van der Waals surface area contributed by atoms with E-state index >= 15 is 0 Å². The van der Waals surface area contributed by atoms with Gasteiger partial charge in [-0.15, -0.1) is 0 Å². The third-order valence-corrected chi connectivity index (χ3v) is 4.29. The molecule has 2 rings (SSSR count). The van der Waals surface area contributed by atoms with Crippen molar-refractivity contribution in [2.24, 2.45) is 7.05 Å². The molecule has 4 nitrogen and oxygen atoms in total. The fraction of sp³-hybridized carbons (Fsp3) is 0.562. The van der Waals surface area contributed by atoms with Gasteiger partial charge in [-0.3, -0.25) is 4.68 Å². The van der Waals surface area contributed by atoms with Crippen molar-refractivity contribution in [1.82, 2.24) is 19.7 Å². The third kappa shape index (κ3) is 3.69. The fourth-order valence-electron chi connectivity index (χ4n) is 2.71. The summed E-state index contributed by atoms with van der Waals surface area (Å²) in [4.78, 5) is 0. The van der Waals surface area contributed by atoms with Gasteiger partial charge in [-0.2, -0.15) is 5.10 Å². The summed E-state index contributed by atoms with van der Waals surface area (Å²) in [5.41, 5.74) is 3.28. The first-order valence-corrected chi connectivity index (χ1v) is 8.01. The second-order valence-electron chi connectivity index (χ2n) is 5.49. The second kappa shape index (κ2) is 7.14. The maximum absolute atomic E-state index is 6.32. The zero-order chi connectivity index (χ0) is 15.4. The molecule has 1 atom stereocenters. The van der Waals surface area contributed by atoms with Gasteiger partial charge in [0.25, 0.3) is 0 Å². The summed E-state index contributed by atoms with van der Waals surface area (Å²) in [7, 11) is 1.94. The van der Waals surface area contributed by atoms with Crippen LogP contribution in [0, 0.1) is 6.92 Å². The lowest BCUT2D eigenvalue weighted by Crippen LogP contribution is -2.20. The van der Waals surface area contributed by atoms with Gasteiger partial charge in [-0.25, -0.2) is 0 Å².